The van der Waals surface area contributed by atoms with Gasteiger partial charge in [0.1, 0.15) is 5.75 Å². The molecule has 96 valence electrons. The first-order chi connectivity index (χ1) is 8.20. The van der Waals surface area contributed by atoms with Gasteiger partial charge in [-0.2, -0.15) is 0 Å². The fourth-order valence-corrected chi connectivity index (χ4v) is 0.886. The Morgan fingerprint density at radius 1 is 1.12 bits per heavy atom. The zero-order valence-corrected chi connectivity index (χ0v) is 9.83. The van der Waals surface area contributed by atoms with Crippen LogP contribution in [-0.4, -0.2) is 42.6 Å². The van der Waals surface area contributed by atoms with Gasteiger partial charge < -0.3 is 19.7 Å². The molecule has 0 aliphatic heterocycles. The molecule has 0 amide bonds. The van der Waals surface area contributed by atoms with Crippen LogP contribution in [0, 0.1) is 0 Å². The average molecular weight is 242 g/mol. The maximum Gasteiger partial charge on any atom is 0.308 e. The normalized spacial score (nSPS) is 9.12. The minimum absolute atomic E-state index is 0.0278. The van der Waals surface area contributed by atoms with Crippen LogP contribution < -0.4 is 4.74 Å². The fraction of sp³-hybridized carbons (Fsp3) is 0.417. The fourth-order valence-electron chi connectivity index (χ4n) is 0.886. The summed E-state index contributed by atoms with van der Waals surface area (Å²) in [6, 6.07) is 8.98. The van der Waals surface area contributed by atoms with E-state index in [2.05, 4.69) is 4.74 Å². The van der Waals surface area contributed by atoms with Gasteiger partial charge in [0.15, 0.2) is 0 Å². The molecule has 0 radical (unpaired) electrons. The van der Waals surface area contributed by atoms with Crippen LogP contribution >= 0.6 is 0 Å². The van der Waals surface area contributed by atoms with Gasteiger partial charge in [0.05, 0.1) is 26.4 Å². The van der Waals surface area contributed by atoms with E-state index in [1.165, 1.54) is 6.92 Å². The van der Waals surface area contributed by atoms with E-state index in [0.717, 1.165) is 0 Å². The van der Waals surface area contributed by atoms with E-state index >= 15 is 0 Å². The van der Waals surface area contributed by atoms with Gasteiger partial charge in [-0.25, -0.2) is 0 Å². The van der Waals surface area contributed by atoms with Crippen LogP contribution in [0.1, 0.15) is 6.92 Å². The predicted octanol–water partition coefficient (Wildman–Crippen LogP) is 0.599. The minimum Gasteiger partial charge on any atom is -0.427 e. The van der Waals surface area contributed by atoms with E-state index in [0.29, 0.717) is 19.0 Å². The van der Waals surface area contributed by atoms with Crippen molar-refractivity contribution < 1.29 is 24.5 Å². The summed E-state index contributed by atoms with van der Waals surface area (Å²) in [6.07, 6.45) is 0. The second-order valence-electron chi connectivity index (χ2n) is 2.97. The molecular formula is C12H18O5. The molecule has 2 N–H and O–H groups in total. The van der Waals surface area contributed by atoms with E-state index in [4.69, 9.17) is 14.9 Å². The minimum atomic E-state index is -0.286. The first-order valence-electron chi connectivity index (χ1n) is 5.23. The summed E-state index contributed by atoms with van der Waals surface area (Å²) in [7, 11) is 0. The van der Waals surface area contributed by atoms with Crippen molar-refractivity contribution in [1.29, 1.82) is 0 Å². The van der Waals surface area contributed by atoms with Crippen LogP contribution in [0.5, 0.6) is 5.75 Å². The van der Waals surface area contributed by atoms with Gasteiger partial charge in [-0.15, -0.1) is 0 Å². The summed E-state index contributed by atoms with van der Waals surface area (Å²) >= 11 is 0. The molecule has 5 nitrogen and oxygen atoms in total. The number of rotatable bonds is 5. The smallest absolute Gasteiger partial charge is 0.308 e. The lowest BCUT2D eigenvalue weighted by Crippen LogP contribution is -2.03. The SMILES string of the molecule is CC(=O)Oc1ccccc1.OCCOCCO. The highest BCUT2D eigenvalue weighted by Crippen LogP contribution is 2.07. The van der Waals surface area contributed by atoms with Gasteiger partial charge in [0, 0.05) is 6.92 Å². The second kappa shape index (κ2) is 11.1. The van der Waals surface area contributed by atoms with E-state index < -0.39 is 0 Å². The third-order valence-corrected chi connectivity index (χ3v) is 1.48. The van der Waals surface area contributed by atoms with E-state index in [1.54, 1.807) is 12.1 Å². The third kappa shape index (κ3) is 10.8. The van der Waals surface area contributed by atoms with Crippen molar-refractivity contribution >= 4 is 5.97 Å². The summed E-state index contributed by atoms with van der Waals surface area (Å²) in [6.45, 7) is 2.08. The molecule has 0 unspecified atom stereocenters. The number of para-hydroxylation sites is 1. The zero-order valence-electron chi connectivity index (χ0n) is 9.83. The van der Waals surface area contributed by atoms with Gasteiger partial charge in [-0.1, -0.05) is 18.2 Å². The maximum atomic E-state index is 10.4. The third-order valence-electron chi connectivity index (χ3n) is 1.48. The molecule has 1 aromatic rings. The Morgan fingerprint density at radius 2 is 1.65 bits per heavy atom. The second-order valence-corrected chi connectivity index (χ2v) is 2.97. The van der Waals surface area contributed by atoms with Gasteiger partial charge in [-0.3, -0.25) is 4.79 Å². The van der Waals surface area contributed by atoms with Crippen molar-refractivity contribution in [2.75, 3.05) is 26.4 Å². The predicted molar refractivity (Wildman–Crippen MR) is 62.7 cm³/mol. The molecule has 0 aliphatic rings. The molecule has 1 aromatic carbocycles. The highest BCUT2D eigenvalue weighted by molar-refractivity contribution is 5.69. The van der Waals surface area contributed by atoms with Crippen molar-refractivity contribution in [1.82, 2.24) is 0 Å². The molecule has 0 saturated heterocycles. The first-order valence-corrected chi connectivity index (χ1v) is 5.23. The lowest BCUT2D eigenvalue weighted by atomic mass is 10.3. The van der Waals surface area contributed by atoms with Crippen LogP contribution in [0.2, 0.25) is 0 Å². The number of hydrogen-bond donors (Lipinski definition) is 2. The van der Waals surface area contributed by atoms with Crippen LogP contribution in [0.15, 0.2) is 30.3 Å². The molecule has 0 heterocycles. The van der Waals surface area contributed by atoms with E-state index in [1.807, 2.05) is 18.2 Å². The van der Waals surface area contributed by atoms with Crippen molar-refractivity contribution in [2.45, 2.75) is 6.92 Å². The van der Waals surface area contributed by atoms with Crippen LogP contribution in [0.25, 0.3) is 0 Å². The molecule has 0 bridgehead atoms. The quantitative estimate of drug-likeness (QED) is 0.449. The molecule has 0 saturated carbocycles. The lowest BCUT2D eigenvalue weighted by molar-refractivity contribution is -0.131. The first kappa shape index (κ1) is 15.6. The molecular weight excluding hydrogens is 224 g/mol. The number of carbonyl (C=O) groups is 1. The van der Waals surface area contributed by atoms with Crippen LogP contribution in [0.3, 0.4) is 0 Å². The number of esters is 1. The monoisotopic (exact) mass is 242 g/mol. The van der Waals surface area contributed by atoms with E-state index in [-0.39, 0.29) is 19.2 Å². The van der Waals surface area contributed by atoms with Crippen molar-refractivity contribution in [2.24, 2.45) is 0 Å². The number of hydrogen-bond acceptors (Lipinski definition) is 5. The average Bonchev–Trinajstić information content (AvgIpc) is 2.31. The molecule has 0 spiro atoms. The zero-order chi connectivity index (χ0) is 12.9. The summed E-state index contributed by atoms with van der Waals surface area (Å²) in [5.74, 6) is 0.307. The van der Waals surface area contributed by atoms with Crippen molar-refractivity contribution in [3.8, 4) is 5.75 Å². The summed E-state index contributed by atoms with van der Waals surface area (Å²) in [5.41, 5.74) is 0. The highest BCUT2D eigenvalue weighted by atomic mass is 16.5. The molecule has 0 aliphatic carbocycles. The molecule has 5 heteroatoms. The van der Waals surface area contributed by atoms with Crippen LogP contribution in [-0.2, 0) is 9.53 Å². The van der Waals surface area contributed by atoms with Gasteiger partial charge in [0.25, 0.3) is 0 Å². The van der Waals surface area contributed by atoms with Gasteiger partial charge >= 0.3 is 5.97 Å². The Morgan fingerprint density at radius 3 is 2.06 bits per heavy atom. The molecule has 0 atom stereocenters. The lowest BCUT2D eigenvalue weighted by Gasteiger charge is -1.97. The number of carbonyl (C=O) groups excluding carboxylic acids is 1. The van der Waals surface area contributed by atoms with Crippen molar-refractivity contribution in [3.63, 3.8) is 0 Å². The number of ether oxygens (including phenoxy) is 2. The molecule has 0 aromatic heterocycles. The van der Waals surface area contributed by atoms with Crippen LogP contribution in [0.4, 0.5) is 0 Å². The summed E-state index contributed by atoms with van der Waals surface area (Å²) < 4.78 is 9.41. The molecule has 1 rings (SSSR count). The molecule has 17 heavy (non-hydrogen) atoms. The Labute approximate surface area is 101 Å². The largest absolute Gasteiger partial charge is 0.427 e. The Hall–Kier alpha value is -1.43. The Balaban J connectivity index is 0.000000325. The van der Waals surface area contributed by atoms with Crippen molar-refractivity contribution in [3.05, 3.63) is 30.3 Å². The number of benzene rings is 1. The standard InChI is InChI=1S/C8H8O2.C4H10O3/c1-7(9)10-8-5-3-2-4-6-8;5-1-3-7-4-2-6/h2-6H,1H3;5-6H,1-4H2. The highest BCUT2D eigenvalue weighted by Gasteiger charge is 1.92. The van der Waals surface area contributed by atoms with Gasteiger partial charge in [-0.05, 0) is 12.1 Å². The Bertz CT molecular complexity index is 282. The van der Waals surface area contributed by atoms with Gasteiger partial charge in [0.2, 0.25) is 0 Å². The summed E-state index contributed by atoms with van der Waals surface area (Å²) in [5, 5.41) is 16.2. The Kier molecular flexibility index (Phi) is 10.1. The summed E-state index contributed by atoms with van der Waals surface area (Å²) in [4.78, 5) is 10.4. The molecule has 0 fully saturated rings. The maximum absolute atomic E-state index is 10.4. The number of aliphatic hydroxyl groups excluding tert-OH is 2. The van der Waals surface area contributed by atoms with E-state index in [9.17, 15) is 4.79 Å². The number of aliphatic hydroxyl groups is 2. The topological polar surface area (TPSA) is 76.0 Å².